The standard InChI is InChI=1S/C12H20F3NO/c1-16-11(6-17-7-12(13,14)15)10-5-8-2-3-9(10)4-8/h8-11,16H,2-7H2,1H3. The predicted octanol–water partition coefficient (Wildman–Crippen LogP) is 2.59. The molecule has 0 saturated heterocycles. The Hall–Kier alpha value is -0.290. The summed E-state index contributed by atoms with van der Waals surface area (Å²) in [7, 11) is 1.81. The van der Waals surface area contributed by atoms with Crippen molar-refractivity contribution >= 4 is 0 Å². The van der Waals surface area contributed by atoms with Crippen molar-refractivity contribution in [1.29, 1.82) is 0 Å². The molecule has 2 rings (SSSR count). The molecule has 2 bridgehead atoms. The second-order valence-electron chi connectivity index (χ2n) is 5.36. The van der Waals surface area contributed by atoms with Crippen molar-refractivity contribution in [2.24, 2.45) is 17.8 Å². The van der Waals surface area contributed by atoms with Crippen LogP contribution in [-0.4, -0.2) is 32.5 Å². The zero-order chi connectivity index (χ0) is 12.5. The molecule has 4 unspecified atom stereocenters. The van der Waals surface area contributed by atoms with Crippen LogP contribution < -0.4 is 5.32 Å². The van der Waals surface area contributed by atoms with Crippen LogP contribution in [0.4, 0.5) is 13.2 Å². The van der Waals surface area contributed by atoms with Gasteiger partial charge in [-0.15, -0.1) is 0 Å². The maximum atomic E-state index is 12.0. The van der Waals surface area contributed by atoms with Crippen LogP contribution in [0.1, 0.15) is 25.7 Å². The molecule has 0 radical (unpaired) electrons. The van der Waals surface area contributed by atoms with E-state index < -0.39 is 12.8 Å². The summed E-state index contributed by atoms with van der Waals surface area (Å²) in [5, 5.41) is 3.12. The van der Waals surface area contributed by atoms with Gasteiger partial charge < -0.3 is 10.1 Å². The molecule has 0 heterocycles. The monoisotopic (exact) mass is 251 g/mol. The minimum atomic E-state index is -4.22. The van der Waals surface area contributed by atoms with Gasteiger partial charge in [0.1, 0.15) is 6.61 Å². The summed E-state index contributed by atoms with van der Waals surface area (Å²) >= 11 is 0. The third-order valence-corrected chi connectivity index (χ3v) is 4.24. The molecule has 2 fully saturated rings. The Balaban J connectivity index is 1.77. The normalized spacial score (nSPS) is 34.2. The fourth-order valence-electron chi connectivity index (χ4n) is 3.51. The zero-order valence-corrected chi connectivity index (χ0v) is 10.1. The first kappa shape index (κ1) is 13.1. The number of likely N-dealkylation sites (N-methyl/N-ethyl adjacent to an activating group) is 1. The van der Waals surface area contributed by atoms with Crippen LogP contribution >= 0.6 is 0 Å². The maximum Gasteiger partial charge on any atom is 0.411 e. The fourth-order valence-corrected chi connectivity index (χ4v) is 3.51. The Morgan fingerprint density at radius 2 is 2.06 bits per heavy atom. The number of hydrogen-bond acceptors (Lipinski definition) is 2. The van der Waals surface area contributed by atoms with Gasteiger partial charge in [0.25, 0.3) is 0 Å². The topological polar surface area (TPSA) is 21.3 Å². The molecule has 2 saturated carbocycles. The molecule has 0 aromatic rings. The van der Waals surface area contributed by atoms with Gasteiger partial charge in [-0.05, 0) is 44.1 Å². The van der Waals surface area contributed by atoms with Gasteiger partial charge in [0.2, 0.25) is 0 Å². The molecule has 17 heavy (non-hydrogen) atoms. The number of halogens is 3. The van der Waals surface area contributed by atoms with Crippen molar-refractivity contribution in [2.45, 2.75) is 37.9 Å². The smallest absolute Gasteiger partial charge is 0.370 e. The molecule has 5 heteroatoms. The van der Waals surface area contributed by atoms with E-state index in [4.69, 9.17) is 4.74 Å². The highest BCUT2D eigenvalue weighted by atomic mass is 19.4. The van der Waals surface area contributed by atoms with Gasteiger partial charge in [-0.2, -0.15) is 13.2 Å². The van der Waals surface area contributed by atoms with E-state index in [-0.39, 0.29) is 12.6 Å². The van der Waals surface area contributed by atoms with E-state index in [2.05, 4.69) is 5.32 Å². The highest BCUT2D eigenvalue weighted by Crippen LogP contribution is 2.49. The van der Waals surface area contributed by atoms with Crippen molar-refractivity contribution in [3.05, 3.63) is 0 Å². The summed E-state index contributed by atoms with van der Waals surface area (Å²) in [6, 6.07) is 0.0765. The van der Waals surface area contributed by atoms with E-state index >= 15 is 0 Å². The Kier molecular flexibility index (Phi) is 3.98. The Labute approximate surface area is 99.9 Å². The molecule has 0 aromatic heterocycles. The second kappa shape index (κ2) is 5.14. The average Bonchev–Trinajstić information content (AvgIpc) is 2.84. The summed E-state index contributed by atoms with van der Waals surface area (Å²) in [5.74, 6) is 2.02. The average molecular weight is 251 g/mol. The molecule has 2 aliphatic rings. The fraction of sp³-hybridized carbons (Fsp3) is 1.00. The second-order valence-corrected chi connectivity index (χ2v) is 5.36. The van der Waals surface area contributed by atoms with Crippen molar-refractivity contribution in [2.75, 3.05) is 20.3 Å². The van der Waals surface area contributed by atoms with Crippen molar-refractivity contribution in [3.63, 3.8) is 0 Å². The first-order chi connectivity index (χ1) is 7.99. The number of ether oxygens (including phenoxy) is 1. The molecular formula is C12H20F3NO. The van der Waals surface area contributed by atoms with Gasteiger partial charge in [0.05, 0.1) is 6.61 Å². The van der Waals surface area contributed by atoms with Gasteiger partial charge in [0, 0.05) is 6.04 Å². The van der Waals surface area contributed by atoms with E-state index in [9.17, 15) is 13.2 Å². The number of rotatable bonds is 5. The molecule has 0 amide bonds. The van der Waals surface area contributed by atoms with E-state index in [0.717, 1.165) is 12.3 Å². The van der Waals surface area contributed by atoms with Crippen molar-refractivity contribution in [1.82, 2.24) is 5.32 Å². The van der Waals surface area contributed by atoms with E-state index in [1.807, 2.05) is 7.05 Å². The van der Waals surface area contributed by atoms with Gasteiger partial charge >= 0.3 is 6.18 Å². The third kappa shape index (κ3) is 3.35. The molecular weight excluding hydrogens is 231 g/mol. The number of fused-ring (bicyclic) bond motifs is 2. The van der Waals surface area contributed by atoms with Crippen LogP contribution in [0, 0.1) is 17.8 Å². The zero-order valence-electron chi connectivity index (χ0n) is 10.1. The maximum absolute atomic E-state index is 12.0. The lowest BCUT2D eigenvalue weighted by Gasteiger charge is -2.30. The Morgan fingerprint density at radius 1 is 1.29 bits per heavy atom. The van der Waals surface area contributed by atoms with Gasteiger partial charge in [-0.1, -0.05) is 6.42 Å². The highest BCUT2D eigenvalue weighted by molar-refractivity contribution is 4.94. The summed E-state index contributed by atoms with van der Waals surface area (Å²) in [6.45, 7) is -0.962. The Morgan fingerprint density at radius 3 is 2.53 bits per heavy atom. The number of hydrogen-bond donors (Lipinski definition) is 1. The lowest BCUT2D eigenvalue weighted by Crippen LogP contribution is -2.41. The van der Waals surface area contributed by atoms with Crippen LogP contribution in [-0.2, 0) is 4.74 Å². The molecule has 0 aromatic carbocycles. The van der Waals surface area contributed by atoms with Gasteiger partial charge in [0.15, 0.2) is 0 Å². The summed E-state index contributed by atoms with van der Waals surface area (Å²) < 4.78 is 40.8. The lowest BCUT2D eigenvalue weighted by molar-refractivity contribution is -0.176. The summed E-state index contributed by atoms with van der Waals surface area (Å²) in [5.41, 5.74) is 0. The minimum Gasteiger partial charge on any atom is -0.370 e. The van der Waals surface area contributed by atoms with Crippen LogP contribution in [0.25, 0.3) is 0 Å². The highest BCUT2D eigenvalue weighted by Gasteiger charge is 2.42. The largest absolute Gasteiger partial charge is 0.411 e. The van der Waals surface area contributed by atoms with E-state index in [0.29, 0.717) is 11.8 Å². The Bertz CT molecular complexity index is 257. The van der Waals surface area contributed by atoms with Crippen LogP contribution in [0.5, 0.6) is 0 Å². The summed E-state index contributed by atoms with van der Waals surface area (Å²) in [6.07, 6.45) is 0.758. The van der Waals surface area contributed by atoms with E-state index in [1.54, 1.807) is 0 Å². The first-order valence-corrected chi connectivity index (χ1v) is 6.31. The van der Waals surface area contributed by atoms with Crippen LogP contribution in [0.2, 0.25) is 0 Å². The first-order valence-electron chi connectivity index (χ1n) is 6.31. The predicted molar refractivity (Wildman–Crippen MR) is 58.7 cm³/mol. The SMILES string of the molecule is CNC(COCC(F)(F)F)C1CC2CCC1C2. The quantitative estimate of drug-likeness (QED) is 0.811. The molecule has 0 aliphatic heterocycles. The molecule has 2 aliphatic carbocycles. The van der Waals surface area contributed by atoms with Gasteiger partial charge in [-0.25, -0.2) is 0 Å². The van der Waals surface area contributed by atoms with Crippen LogP contribution in [0.15, 0.2) is 0 Å². The van der Waals surface area contributed by atoms with Crippen molar-refractivity contribution < 1.29 is 17.9 Å². The third-order valence-electron chi connectivity index (χ3n) is 4.24. The van der Waals surface area contributed by atoms with Crippen molar-refractivity contribution in [3.8, 4) is 0 Å². The number of nitrogens with one attached hydrogen (secondary N) is 1. The van der Waals surface area contributed by atoms with Gasteiger partial charge in [-0.3, -0.25) is 0 Å². The molecule has 1 N–H and O–H groups in total. The van der Waals surface area contributed by atoms with E-state index in [1.165, 1.54) is 19.3 Å². The molecule has 0 spiro atoms. The number of alkyl halides is 3. The summed E-state index contributed by atoms with van der Waals surface area (Å²) in [4.78, 5) is 0. The van der Waals surface area contributed by atoms with Crippen LogP contribution in [0.3, 0.4) is 0 Å². The molecule has 100 valence electrons. The molecule has 4 atom stereocenters. The lowest BCUT2D eigenvalue weighted by atomic mass is 9.83. The minimum absolute atomic E-state index is 0.0765. The molecule has 2 nitrogen and oxygen atoms in total.